The van der Waals surface area contributed by atoms with Gasteiger partial charge in [0.15, 0.2) is 5.11 Å². The molecule has 0 aliphatic carbocycles. The van der Waals surface area contributed by atoms with Crippen LogP contribution >= 0.6 is 28.1 Å². The van der Waals surface area contributed by atoms with Gasteiger partial charge in [-0.25, -0.2) is 0 Å². The third kappa shape index (κ3) is 6.88. The van der Waals surface area contributed by atoms with E-state index in [4.69, 9.17) is 21.7 Å². The van der Waals surface area contributed by atoms with E-state index in [-0.39, 0.29) is 5.11 Å². The molecule has 0 heterocycles. The van der Waals surface area contributed by atoms with Crippen molar-refractivity contribution >= 4 is 45.1 Å². The molecule has 0 saturated heterocycles. The summed E-state index contributed by atoms with van der Waals surface area (Å²) < 4.78 is 11.4. The van der Waals surface area contributed by atoms with Crippen molar-refractivity contribution in [2.75, 3.05) is 13.2 Å². The highest BCUT2D eigenvalue weighted by atomic mass is 79.9. The maximum absolute atomic E-state index is 12.3. The second-order valence-electron chi connectivity index (χ2n) is 5.56. The topological polar surface area (TPSA) is 88.7 Å². The second-order valence-corrected chi connectivity index (χ2v) is 6.83. The maximum Gasteiger partial charge on any atom is 0.269 e. The minimum absolute atomic E-state index is 0.0423. The Morgan fingerprint density at radius 1 is 1.07 bits per heavy atom. The van der Waals surface area contributed by atoms with Gasteiger partial charge in [0, 0.05) is 11.1 Å². The van der Waals surface area contributed by atoms with Crippen LogP contribution in [-0.2, 0) is 0 Å². The molecule has 3 N–H and O–H groups in total. The van der Waals surface area contributed by atoms with Gasteiger partial charge in [-0.15, -0.1) is 0 Å². The van der Waals surface area contributed by atoms with Gasteiger partial charge < -0.3 is 9.47 Å². The first-order chi connectivity index (χ1) is 13.9. The van der Waals surface area contributed by atoms with Crippen molar-refractivity contribution < 1.29 is 19.1 Å². The number of hydrazine groups is 1. The molecule has 2 aromatic rings. The quantitative estimate of drug-likeness (QED) is 0.322. The number of amides is 2. The fourth-order valence-corrected chi connectivity index (χ4v) is 2.80. The summed E-state index contributed by atoms with van der Waals surface area (Å²) in [5.41, 5.74) is 5.70. The summed E-state index contributed by atoms with van der Waals surface area (Å²) in [6.45, 7) is 6.34. The maximum atomic E-state index is 12.3. The van der Waals surface area contributed by atoms with Crippen LogP contribution in [0.2, 0.25) is 0 Å². The fourth-order valence-electron chi connectivity index (χ4n) is 2.16. The van der Waals surface area contributed by atoms with Crippen molar-refractivity contribution in [1.29, 1.82) is 0 Å². The first kappa shape index (κ1) is 22.4. The molecule has 29 heavy (non-hydrogen) atoms. The molecule has 0 atom stereocenters. The van der Waals surface area contributed by atoms with E-state index in [2.05, 4.69) is 38.7 Å². The fraction of sp³-hybridized carbons (Fsp3) is 0.150. The monoisotopic (exact) mass is 477 g/mol. The van der Waals surface area contributed by atoms with Crippen molar-refractivity contribution in [3.63, 3.8) is 0 Å². The Labute approximate surface area is 182 Å². The number of rotatable bonds is 7. The Kier molecular flexibility index (Phi) is 8.63. The zero-order chi connectivity index (χ0) is 21.2. The Hall–Kier alpha value is -2.91. The van der Waals surface area contributed by atoms with Gasteiger partial charge in [0.25, 0.3) is 11.8 Å². The van der Waals surface area contributed by atoms with Gasteiger partial charge >= 0.3 is 0 Å². The summed E-state index contributed by atoms with van der Waals surface area (Å²) in [7, 11) is 0. The molecule has 0 aromatic heterocycles. The molecule has 0 spiro atoms. The van der Waals surface area contributed by atoms with Crippen LogP contribution < -0.4 is 25.6 Å². The summed E-state index contributed by atoms with van der Waals surface area (Å²) in [5, 5.41) is 2.45. The van der Waals surface area contributed by atoms with E-state index < -0.39 is 11.8 Å². The van der Waals surface area contributed by atoms with Crippen LogP contribution in [0.1, 0.15) is 27.6 Å². The van der Waals surface area contributed by atoms with E-state index >= 15 is 0 Å². The second kappa shape index (κ2) is 11.2. The first-order valence-electron chi connectivity index (χ1n) is 8.62. The van der Waals surface area contributed by atoms with Gasteiger partial charge in [-0.3, -0.25) is 25.8 Å². The van der Waals surface area contributed by atoms with Crippen molar-refractivity contribution in [3.8, 4) is 11.5 Å². The summed E-state index contributed by atoms with van der Waals surface area (Å²) in [6, 6.07) is 11.5. The zero-order valence-electron chi connectivity index (χ0n) is 15.7. The van der Waals surface area contributed by atoms with E-state index in [1.54, 1.807) is 48.5 Å². The summed E-state index contributed by atoms with van der Waals surface area (Å²) in [6.07, 6.45) is 1.63. The van der Waals surface area contributed by atoms with E-state index in [0.717, 1.165) is 0 Å². The number of thiocarbonyl (C=S) groups is 1. The molecule has 0 aliphatic heterocycles. The molecule has 0 fully saturated rings. The van der Waals surface area contributed by atoms with Gasteiger partial charge in [-0.2, -0.15) is 0 Å². The molecular formula is C20H20BrN3O4S. The average Bonchev–Trinajstić information content (AvgIpc) is 2.72. The molecule has 152 valence electrons. The number of hydrogen-bond donors (Lipinski definition) is 3. The highest BCUT2D eigenvalue weighted by molar-refractivity contribution is 9.10. The van der Waals surface area contributed by atoms with E-state index in [1.807, 2.05) is 6.92 Å². The third-order valence-electron chi connectivity index (χ3n) is 3.49. The molecule has 7 nitrogen and oxygen atoms in total. The van der Waals surface area contributed by atoms with Crippen molar-refractivity contribution in [2.24, 2.45) is 0 Å². The number of carbonyl (C=O) groups excluding carboxylic acids is 2. The Bertz CT molecular complexity index is 903. The SMILES string of the molecule is C=CCOc1ccc(C(=O)NNC(=S)NC(=O)c2ccc(OCC)c(Br)c2)cc1. The molecule has 2 amide bonds. The number of halogens is 1. The van der Waals surface area contributed by atoms with Crippen LogP contribution in [0.5, 0.6) is 11.5 Å². The predicted octanol–water partition coefficient (Wildman–Crippen LogP) is 3.36. The summed E-state index contributed by atoms with van der Waals surface area (Å²) in [4.78, 5) is 24.4. The Morgan fingerprint density at radius 2 is 1.76 bits per heavy atom. The van der Waals surface area contributed by atoms with Gasteiger partial charge in [0.1, 0.15) is 18.1 Å². The Morgan fingerprint density at radius 3 is 2.38 bits per heavy atom. The van der Waals surface area contributed by atoms with Crippen molar-refractivity contribution in [2.45, 2.75) is 6.92 Å². The van der Waals surface area contributed by atoms with Crippen LogP contribution in [0.15, 0.2) is 59.6 Å². The van der Waals surface area contributed by atoms with Crippen LogP contribution in [0.25, 0.3) is 0 Å². The lowest BCUT2D eigenvalue weighted by molar-refractivity contribution is 0.0934. The van der Waals surface area contributed by atoms with E-state index in [9.17, 15) is 9.59 Å². The normalized spacial score (nSPS) is 9.86. The van der Waals surface area contributed by atoms with Crippen molar-refractivity contribution in [3.05, 3.63) is 70.7 Å². The van der Waals surface area contributed by atoms with Gasteiger partial charge in [0.05, 0.1) is 11.1 Å². The number of benzene rings is 2. The number of carbonyl (C=O) groups is 2. The smallest absolute Gasteiger partial charge is 0.269 e. The molecule has 0 bridgehead atoms. The first-order valence-corrected chi connectivity index (χ1v) is 9.82. The van der Waals surface area contributed by atoms with Crippen LogP contribution in [0.3, 0.4) is 0 Å². The van der Waals surface area contributed by atoms with Gasteiger partial charge in [-0.05, 0) is 77.5 Å². The molecular weight excluding hydrogens is 458 g/mol. The lowest BCUT2D eigenvalue weighted by atomic mass is 10.2. The number of hydrogen-bond acceptors (Lipinski definition) is 5. The van der Waals surface area contributed by atoms with E-state index in [0.29, 0.717) is 40.3 Å². The minimum Gasteiger partial charge on any atom is -0.493 e. The van der Waals surface area contributed by atoms with Crippen LogP contribution in [-0.4, -0.2) is 30.1 Å². The van der Waals surface area contributed by atoms with E-state index in [1.165, 1.54) is 0 Å². The average molecular weight is 478 g/mol. The number of nitrogens with one attached hydrogen (secondary N) is 3. The predicted molar refractivity (Wildman–Crippen MR) is 118 cm³/mol. The summed E-state index contributed by atoms with van der Waals surface area (Å²) in [5.74, 6) is 0.418. The zero-order valence-corrected chi connectivity index (χ0v) is 18.1. The lowest BCUT2D eigenvalue weighted by Crippen LogP contribution is -2.48. The van der Waals surface area contributed by atoms with Crippen LogP contribution in [0, 0.1) is 0 Å². The van der Waals surface area contributed by atoms with Gasteiger partial charge in [0.2, 0.25) is 0 Å². The summed E-state index contributed by atoms with van der Waals surface area (Å²) >= 11 is 8.40. The molecule has 0 saturated carbocycles. The minimum atomic E-state index is -0.427. The molecule has 0 unspecified atom stereocenters. The molecule has 9 heteroatoms. The van der Waals surface area contributed by atoms with Crippen molar-refractivity contribution in [1.82, 2.24) is 16.2 Å². The third-order valence-corrected chi connectivity index (χ3v) is 4.32. The molecule has 0 aliphatic rings. The highest BCUT2D eigenvalue weighted by Crippen LogP contribution is 2.25. The highest BCUT2D eigenvalue weighted by Gasteiger charge is 2.12. The Balaban J connectivity index is 1.85. The van der Waals surface area contributed by atoms with Gasteiger partial charge in [-0.1, -0.05) is 12.7 Å². The molecule has 2 rings (SSSR count). The largest absolute Gasteiger partial charge is 0.493 e. The lowest BCUT2D eigenvalue weighted by Gasteiger charge is -2.12. The molecule has 0 radical (unpaired) electrons. The number of ether oxygens (including phenoxy) is 2. The van der Waals surface area contributed by atoms with Crippen LogP contribution in [0.4, 0.5) is 0 Å². The molecule has 2 aromatic carbocycles. The standard InChI is InChI=1S/C20H20BrN3O4S/c1-3-11-28-15-8-5-13(6-9-15)19(26)23-24-20(29)22-18(25)14-7-10-17(27-4-2)16(21)12-14/h3,5-10,12H,1,4,11H2,2H3,(H,23,26)(H2,22,24,25,29).